The zero-order chi connectivity index (χ0) is 13.0. The Morgan fingerprint density at radius 1 is 1.39 bits per heavy atom. The summed E-state index contributed by atoms with van der Waals surface area (Å²) < 4.78 is 5.18. The van der Waals surface area contributed by atoms with Gasteiger partial charge in [0, 0.05) is 13.1 Å². The maximum Gasteiger partial charge on any atom is 0.141 e. The standard InChI is InChI=1S/C15H24N2O/c1-3-17(10-12-5-4-6-12)11-13-7-8-15(18-2)14(16)9-13/h7-9,12H,3-6,10-11,16H2,1-2H3. The van der Waals surface area contributed by atoms with Crippen LogP contribution in [0.4, 0.5) is 5.69 Å². The number of anilines is 1. The number of nitrogens with two attached hydrogens (primary N) is 1. The minimum atomic E-state index is 0.731. The Kier molecular flexibility index (Phi) is 4.48. The van der Waals surface area contributed by atoms with Gasteiger partial charge in [-0.3, -0.25) is 4.90 Å². The molecule has 1 aliphatic rings. The largest absolute Gasteiger partial charge is 0.495 e. The number of benzene rings is 1. The van der Waals surface area contributed by atoms with Crippen molar-refractivity contribution in [3.05, 3.63) is 23.8 Å². The first-order valence-corrected chi connectivity index (χ1v) is 6.87. The minimum Gasteiger partial charge on any atom is -0.495 e. The quantitative estimate of drug-likeness (QED) is 0.787. The second-order valence-electron chi connectivity index (χ2n) is 5.20. The third-order valence-electron chi connectivity index (χ3n) is 3.89. The summed E-state index contributed by atoms with van der Waals surface area (Å²) in [6.45, 7) is 5.54. The molecule has 0 aliphatic heterocycles. The highest BCUT2D eigenvalue weighted by atomic mass is 16.5. The Hall–Kier alpha value is -1.22. The van der Waals surface area contributed by atoms with Gasteiger partial charge in [0.05, 0.1) is 12.8 Å². The maximum atomic E-state index is 5.94. The number of nitrogens with zero attached hydrogens (tertiary/aromatic N) is 1. The first kappa shape index (κ1) is 13.2. The maximum absolute atomic E-state index is 5.94. The zero-order valence-corrected chi connectivity index (χ0v) is 11.5. The lowest BCUT2D eigenvalue weighted by Gasteiger charge is -2.31. The van der Waals surface area contributed by atoms with Crippen LogP contribution in [-0.2, 0) is 6.54 Å². The van der Waals surface area contributed by atoms with E-state index < -0.39 is 0 Å². The third-order valence-corrected chi connectivity index (χ3v) is 3.89. The van der Waals surface area contributed by atoms with Crippen molar-refractivity contribution in [2.24, 2.45) is 5.92 Å². The molecule has 1 aromatic rings. The zero-order valence-electron chi connectivity index (χ0n) is 11.5. The molecule has 2 N–H and O–H groups in total. The molecule has 0 bridgehead atoms. The molecule has 0 spiro atoms. The van der Waals surface area contributed by atoms with E-state index in [1.165, 1.54) is 31.4 Å². The number of rotatable bonds is 6. The van der Waals surface area contributed by atoms with Crippen LogP contribution in [0.25, 0.3) is 0 Å². The van der Waals surface area contributed by atoms with Gasteiger partial charge in [-0.15, -0.1) is 0 Å². The minimum absolute atomic E-state index is 0.731. The lowest BCUT2D eigenvalue weighted by Crippen LogP contribution is -2.32. The number of hydrogen-bond donors (Lipinski definition) is 1. The molecule has 3 heteroatoms. The summed E-state index contributed by atoms with van der Waals surface area (Å²) in [6.07, 6.45) is 4.22. The van der Waals surface area contributed by atoms with Gasteiger partial charge in [0.15, 0.2) is 0 Å². The van der Waals surface area contributed by atoms with Crippen LogP contribution in [0.3, 0.4) is 0 Å². The highest BCUT2D eigenvalue weighted by molar-refractivity contribution is 5.54. The van der Waals surface area contributed by atoms with Crippen LogP contribution >= 0.6 is 0 Å². The second kappa shape index (κ2) is 6.10. The van der Waals surface area contributed by atoms with Crippen molar-refractivity contribution in [2.45, 2.75) is 32.7 Å². The Bertz CT molecular complexity index is 388. The van der Waals surface area contributed by atoms with E-state index in [-0.39, 0.29) is 0 Å². The Morgan fingerprint density at radius 3 is 2.67 bits per heavy atom. The fraction of sp³-hybridized carbons (Fsp3) is 0.600. The van der Waals surface area contributed by atoms with Gasteiger partial charge >= 0.3 is 0 Å². The number of methoxy groups -OCH3 is 1. The van der Waals surface area contributed by atoms with Crippen LogP contribution in [0.1, 0.15) is 31.7 Å². The van der Waals surface area contributed by atoms with E-state index >= 15 is 0 Å². The van der Waals surface area contributed by atoms with Crippen LogP contribution < -0.4 is 10.5 Å². The van der Waals surface area contributed by atoms with Crippen LogP contribution in [0, 0.1) is 5.92 Å². The Morgan fingerprint density at radius 2 is 2.17 bits per heavy atom. The average molecular weight is 248 g/mol. The van der Waals surface area contributed by atoms with E-state index in [4.69, 9.17) is 10.5 Å². The molecule has 2 rings (SSSR count). The Balaban J connectivity index is 1.95. The van der Waals surface area contributed by atoms with E-state index in [2.05, 4.69) is 17.9 Å². The lowest BCUT2D eigenvalue weighted by atomic mass is 9.85. The topological polar surface area (TPSA) is 38.5 Å². The normalized spacial score (nSPS) is 15.7. The number of hydrogen-bond acceptors (Lipinski definition) is 3. The van der Waals surface area contributed by atoms with Gasteiger partial charge in [-0.2, -0.15) is 0 Å². The Labute approximate surface area is 110 Å². The summed E-state index contributed by atoms with van der Waals surface area (Å²) in [5.41, 5.74) is 7.95. The molecular formula is C15H24N2O. The molecule has 18 heavy (non-hydrogen) atoms. The average Bonchev–Trinajstić information content (AvgIpc) is 2.32. The third kappa shape index (κ3) is 3.16. The van der Waals surface area contributed by atoms with Gasteiger partial charge in [0.2, 0.25) is 0 Å². The second-order valence-corrected chi connectivity index (χ2v) is 5.20. The highest BCUT2D eigenvalue weighted by Crippen LogP contribution is 2.28. The van der Waals surface area contributed by atoms with Crippen LogP contribution in [0.2, 0.25) is 0 Å². The molecular weight excluding hydrogens is 224 g/mol. The van der Waals surface area contributed by atoms with E-state index in [0.29, 0.717) is 0 Å². The molecule has 0 unspecified atom stereocenters. The monoisotopic (exact) mass is 248 g/mol. The van der Waals surface area contributed by atoms with Crippen molar-refractivity contribution < 1.29 is 4.74 Å². The van der Waals surface area contributed by atoms with Gasteiger partial charge in [-0.05, 0) is 43.0 Å². The van der Waals surface area contributed by atoms with E-state index in [9.17, 15) is 0 Å². The molecule has 0 aromatic heterocycles. The fourth-order valence-corrected chi connectivity index (χ4v) is 2.49. The van der Waals surface area contributed by atoms with Crippen molar-refractivity contribution >= 4 is 5.69 Å². The van der Waals surface area contributed by atoms with Crippen molar-refractivity contribution in [3.8, 4) is 5.75 Å². The molecule has 3 nitrogen and oxygen atoms in total. The smallest absolute Gasteiger partial charge is 0.141 e. The number of nitrogen functional groups attached to an aromatic ring is 1. The van der Waals surface area contributed by atoms with Crippen LogP contribution in [0.15, 0.2) is 18.2 Å². The molecule has 0 radical (unpaired) electrons. The van der Waals surface area contributed by atoms with Crippen molar-refractivity contribution in [2.75, 3.05) is 25.9 Å². The van der Waals surface area contributed by atoms with Crippen molar-refractivity contribution in [1.29, 1.82) is 0 Å². The molecule has 0 heterocycles. The molecule has 1 aromatic carbocycles. The number of ether oxygens (including phenoxy) is 1. The van der Waals surface area contributed by atoms with Crippen LogP contribution in [0.5, 0.6) is 5.75 Å². The lowest BCUT2D eigenvalue weighted by molar-refractivity contribution is 0.178. The first-order chi connectivity index (χ1) is 8.72. The van der Waals surface area contributed by atoms with Gasteiger partial charge < -0.3 is 10.5 Å². The van der Waals surface area contributed by atoms with Crippen molar-refractivity contribution in [1.82, 2.24) is 4.90 Å². The first-order valence-electron chi connectivity index (χ1n) is 6.87. The van der Waals surface area contributed by atoms with E-state index in [1.54, 1.807) is 7.11 Å². The molecule has 100 valence electrons. The van der Waals surface area contributed by atoms with E-state index in [1.807, 2.05) is 12.1 Å². The van der Waals surface area contributed by atoms with Gasteiger partial charge in [-0.25, -0.2) is 0 Å². The fourth-order valence-electron chi connectivity index (χ4n) is 2.49. The summed E-state index contributed by atoms with van der Waals surface area (Å²) in [7, 11) is 1.65. The van der Waals surface area contributed by atoms with Crippen molar-refractivity contribution in [3.63, 3.8) is 0 Å². The molecule has 0 amide bonds. The molecule has 1 fully saturated rings. The predicted octanol–water partition coefficient (Wildman–Crippen LogP) is 2.90. The van der Waals surface area contributed by atoms with Gasteiger partial charge in [0.25, 0.3) is 0 Å². The van der Waals surface area contributed by atoms with Gasteiger partial charge in [0.1, 0.15) is 5.75 Å². The van der Waals surface area contributed by atoms with Gasteiger partial charge in [-0.1, -0.05) is 19.4 Å². The molecule has 0 atom stereocenters. The van der Waals surface area contributed by atoms with E-state index in [0.717, 1.165) is 30.4 Å². The molecule has 1 saturated carbocycles. The van der Waals surface area contributed by atoms with Crippen LogP contribution in [-0.4, -0.2) is 25.1 Å². The summed E-state index contributed by atoms with van der Waals surface area (Å²) in [5, 5.41) is 0. The summed E-state index contributed by atoms with van der Waals surface area (Å²) >= 11 is 0. The SMILES string of the molecule is CCN(Cc1ccc(OC)c(N)c1)CC1CCC1. The highest BCUT2D eigenvalue weighted by Gasteiger charge is 2.20. The molecule has 1 aliphatic carbocycles. The molecule has 0 saturated heterocycles. The summed E-state index contributed by atoms with van der Waals surface area (Å²) in [5.74, 6) is 1.68. The summed E-state index contributed by atoms with van der Waals surface area (Å²) in [6, 6.07) is 6.10. The summed E-state index contributed by atoms with van der Waals surface area (Å²) in [4.78, 5) is 2.51. The predicted molar refractivity (Wildman–Crippen MR) is 75.7 cm³/mol.